The number of imidazole rings is 1. The first-order valence-corrected chi connectivity index (χ1v) is 9.70. The molecule has 0 saturated carbocycles. The van der Waals surface area contributed by atoms with Crippen molar-refractivity contribution in [3.8, 4) is 0 Å². The van der Waals surface area contributed by atoms with Crippen molar-refractivity contribution in [2.24, 2.45) is 13.0 Å². The monoisotopic (exact) mass is 365 g/mol. The van der Waals surface area contributed by atoms with E-state index in [2.05, 4.69) is 19.6 Å². The molecule has 3 heterocycles. The summed E-state index contributed by atoms with van der Waals surface area (Å²) in [6, 6.07) is 3.28. The van der Waals surface area contributed by atoms with Gasteiger partial charge in [0.2, 0.25) is 10.0 Å². The van der Waals surface area contributed by atoms with Gasteiger partial charge in [0, 0.05) is 38.7 Å². The van der Waals surface area contributed by atoms with Gasteiger partial charge in [-0.2, -0.15) is 0 Å². The van der Waals surface area contributed by atoms with E-state index in [0.29, 0.717) is 5.82 Å². The molecule has 1 aliphatic rings. The van der Waals surface area contributed by atoms with E-state index in [-0.39, 0.29) is 10.8 Å². The van der Waals surface area contributed by atoms with E-state index in [4.69, 9.17) is 0 Å². The fourth-order valence-electron chi connectivity index (χ4n) is 3.15. The Morgan fingerprint density at radius 3 is 2.52 bits per heavy atom. The van der Waals surface area contributed by atoms with Crippen molar-refractivity contribution in [2.75, 3.05) is 25.0 Å². The van der Waals surface area contributed by atoms with Gasteiger partial charge in [0.15, 0.2) is 0 Å². The number of anilines is 1. The minimum Gasteiger partial charge on any atom is -0.385 e. The largest absolute Gasteiger partial charge is 0.385 e. The van der Waals surface area contributed by atoms with E-state index in [1.54, 1.807) is 18.3 Å². The van der Waals surface area contributed by atoms with Gasteiger partial charge in [-0.05, 0) is 37.9 Å². The van der Waals surface area contributed by atoms with Gasteiger partial charge in [-0.3, -0.25) is 0 Å². The maximum absolute atomic E-state index is 11.7. The van der Waals surface area contributed by atoms with Crippen molar-refractivity contribution in [1.29, 1.82) is 0 Å². The summed E-state index contributed by atoms with van der Waals surface area (Å²) in [5.74, 6) is 1.60. The fraction of sp³-hybridized carbons (Fsp3) is 0.500. The van der Waals surface area contributed by atoms with Crippen molar-refractivity contribution in [3.05, 3.63) is 36.5 Å². The van der Waals surface area contributed by atoms with Gasteiger partial charge in [0.25, 0.3) is 0 Å². The summed E-state index contributed by atoms with van der Waals surface area (Å²) in [6.45, 7) is 1.52. The smallest absolute Gasteiger partial charge is 0.241 e. The second kappa shape index (κ2) is 7.11. The Kier molecular flexibility index (Phi) is 5.07. The Morgan fingerprint density at radius 1 is 1.28 bits per heavy atom. The van der Waals surface area contributed by atoms with Crippen LogP contribution in [0.1, 0.15) is 24.8 Å². The van der Waals surface area contributed by atoms with E-state index < -0.39 is 16.1 Å². The number of aromatic nitrogens is 3. The topological polar surface area (TPSA) is 100 Å². The molecule has 0 aromatic carbocycles. The fourth-order valence-corrected chi connectivity index (χ4v) is 3.83. The van der Waals surface area contributed by atoms with Crippen LogP contribution < -0.4 is 9.62 Å². The maximum atomic E-state index is 11.7. The van der Waals surface area contributed by atoms with Crippen molar-refractivity contribution in [2.45, 2.75) is 23.8 Å². The molecule has 2 aromatic heterocycles. The van der Waals surface area contributed by atoms with Gasteiger partial charge in [-0.1, -0.05) is 0 Å². The molecule has 2 aromatic rings. The molecule has 2 N–H and O–H groups in total. The lowest BCUT2D eigenvalue weighted by atomic mass is 9.90. The van der Waals surface area contributed by atoms with Crippen molar-refractivity contribution in [1.82, 2.24) is 19.3 Å². The lowest BCUT2D eigenvalue weighted by Gasteiger charge is -2.34. The number of sulfonamides is 1. The molecule has 3 rings (SSSR count). The minimum atomic E-state index is -3.47. The molecule has 1 atom stereocenters. The molecule has 1 unspecified atom stereocenters. The first-order chi connectivity index (χ1) is 11.9. The van der Waals surface area contributed by atoms with Gasteiger partial charge < -0.3 is 14.6 Å². The molecule has 1 saturated heterocycles. The van der Waals surface area contributed by atoms with E-state index >= 15 is 0 Å². The third-order valence-corrected chi connectivity index (χ3v) is 6.13. The third kappa shape index (κ3) is 3.68. The van der Waals surface area contributed by atoms with E-state index in [1.165, 1.54) is 13.2 Å². The lowest BCUT2D eigenvalue weighted by Crippen LogP contribution is -2.36. The number of rotatable bonds is 5. The van der Waals surface area contributed by atoms with Crippen LogP contribution in [0.5, 0.6) is 0 Å². The number of aliphatic hydroxyl groups is 1. The number of piperidine rings is 1. The zero-order chi connectivity index (χ0) is 18.0. The number of hydrogen-bond acceptors (Lipinski definition) is 6. The minimum absolute atomic E-state index is 0.152. The number of hydrogen-bond donors (Lipinski definition) is 2. The highest BCUT2D eigenvalue weighted by atomic mass is 32.2. The number of aryl methyl sites for hydroxylation is 1. The molecule has 0 amide bonds. The Labute approximate surface area is 147 Å². The van der Waals surface area contributed by atoms with E-state index in [9.17, 15) is 13.5 Å². The van der Waals surface area contributed by atoms with Gasteiger partial charge in [0.1, 0.15) is 22.6 Å². The zero-order valence-corrected chi connectivity index (χ0v) is 15.1. The second-order valence-electron chi connectivity index (χ2n) is 6.23. The van der Waals surface area contributed by atoms with Crippen LogP contribution in [-0.2, 0) is 17.1 Å². The lowest BCUT2D eigenvalue weighted by molar-refractivity contribution is 0.0824. The molecule has 9 heteroatoms. The van der Waals surface area contributed by atoms with Crippen LogP contribution in [0.15, 0.2) is 35.6 Å². The Balaban J connectivity index is 1.63. The van der Waals surface area contributed by atoms with E-state index in [0.717, 1.165) is 31.7 Å². The number of aliphatic hydroxyl groups excluding tert-OH is 1. The first-order valence-electron chi connectivity index (χ1n) is 8.22. The molecule has 0 bridgehead atoms. The van der Waals surface area contributed by atoms with Gasteiger partial charge in [-0.25, -0.2) is 23.1 Å². The molecule has 1 fully saturated rings. The summed E-state index contributed by atoms with van der Waals surface area (Å²) in [6.07, 6.45) is 5.98. The Morgan fingerprint density at radius 2 is 2.00 bits per heavy atom. The van der Waals surface area contributed by atoms with Crippen LogP contribution in [0.25, 0.3) is 0 Å². The Bertz CT molecular complexity index is 811. The number of nitrogens with one attached hydrogen (secondary N) is 1. The normalized spacial score (nSPS) is 17.6. The summed E-state index contributed by atoms with van der Waals surface area (Å²) >= 11 is 0. The summed E-state index contributed by atoms with van der Waals surface area (Å²) in [4.78, 5) is 10.8. The molecular weight excluding hydrogens is 342 g/mol. The quantitative estimate of drug-likeness (QED) is 0.808. The van der Waals surface area contributed by atoms with Crippen LogP contribution in [0.3, 0.4) is 0 Å². The highest BCUT2D eigenvalue weighted by Gasteiger charge is 2.29. The summed E-state index contributed by atoms with van der Waals surface area (Å²) < 4.78 is 27.6. The van der Waals surface area contributed by atoms with Crippen LogP contribution in [0.2, 0.25) is 0 Å². The highest BCUT2D eigenvalue weighted by molar-refractivity contribution is 7.89. The molecule has 1 aliphatic heterocycles. The van der Waals surface area contributed by atoms with Gasteiger partial charge in [0.05, 0.1) is 0 Å². The van der Waals surface area contributed by atoms with Crippen molar-refractivity contribution in [3.63, 3.8) is 0 Å². The average molecular weight is 365 g/mol. The molecule has 0 spiro atoms. The molecule has 8 nitrogen and oxygen atoms in total. The van der Waals surface area contributed by atoms with Crippen LogP contribution in [-0.4, -0.2) is 48.2 Å². The second-order valence-corrected chi connectivity index (χ2v) is 8.11. The molecule has 0 aliphatic carbocycles. The van der Waals surface area contributed by atoms with Crippen LogP contribution >= 0.6 is 0 Å². The van der Waals surface area contributed by atoms with Gasteiger partial charge >= 0.3 is 0 Å². The SMILES string of the molecule is CNS(=O)(=O)c1ccc(N2CCC(C(O)c3nccn3C)CC2)nc1. The Hall–Kier alpha value is -1.97. The number of nitrogens with zero attached hydrogens (tertiary/aromatic N) is 4. The predicted molar refractivity (Wildman–Crippen MR) is 93.6 cm³/mol. The molecule has 25 heavy (non-hydrogen) atoms. The summed E-state index contributed by atoms with van der Waals surface area (Å²) in [5.41, 5.74) is 0. The average Bonchev–Trinajstić information content (AvgIpc) is 3.07. The molecular formula is C16H23N5O3S. The van der Waals surface area contributed by atoms with E-state index in [1.807, 2.05) is 17.8 Å². The highest BCUT2D eigenvalue weighted by Crippen LogP contribution is 2.31. The van der Waals surface area contributed by atoms with Crippen LogP contribution in [0.4, 0.5) is 5.82 Å². The number of pyridine rings is 1. The predicted octanol–water partition coefficient (Wildman–Crippen LogP) is 0.673. The van der Waals surface area contributed by atoms with Crippen molar-refractivity contribution < 1.29 is 13.5 Å². The summed E-state index contributed by atoms with van der Waals surface area (Å²) in [5, 5.41) is 10.5. The standard InChI is InChI=1S/C16H23N5O3S/c1-17-25(23,24)13-3-4-14(19-11-13)21-8-5-12(6-9-21)15(22)16-18-7-10-20(16)2/h3-4,7,10-12,15,17,22H,5-6,8-9H2,1-2H3. The third-order valence-electron chi connectivity index (χ3n) is 4.73. The summed E-state index contributed by atoms with van der Waals surface area (Å²) in [7, 11) is -0.212. The maximum Gasteiger partial charge on any atom is 0.241 e. The zero-order valence-electron chi connectivity index (χ0n) is 14.3. The van der Waals surface area contributed by atoms with Crippen LogP contribution in [0, 0.1) is 5.92 Å². The van der Waals surface area contributed by atoms with Crippen molar-refractivity contribution >= 4 is 15.8 Å². The molecule has 136 valence electrons. The first kappa shape index (κ1) is 17.8. The molecule has 0 radical (unpaired) electrons. The van der Waals surface area contributed by atoms with Gasteiger partial charge in [-0.15, -0.1) is 0 Å².